The average molecular weight is 354 g/mol. The lowest BCUT2D eigenvalue weighted by atomic mass is 9.95. The van der Waals surface area contributed by atoms with Gasteiger partial charge in [0.25, 0.3) is 0 Å². The van der Waals surface area contributed by atoms with Crippen molar-refractivity contribution in [2.45, 2.75) is 24.8 Å². The van der Waals surface area contributed by atoms with Gasteiger partial charge in [-0.3, -0.25) is 9.89 Å². The van der Waals surface area contributed by atoms with E-state index in [-0.39, 0.29) is 17.9 Å². The van der Waals surface area contributed by atoms with Gasteiger partial charge in [-0.2, -0.15) is 5.10 Å². The lowest BCUT2D eigenvalue weighted by Gasteiger charge is -2.32. The Balaban J connectivity index is 1.36. The van der Waals surface area contributed by atoms with Crippen molar-refractivity contribution in [2.75, 3.05) is 26.7 Å². The Morgan fingerprint density at radius 1 is 1.19 bits per heavy atom. The van der Waals surface area contributed by atoms with E-state index in [1.807, 2.05) is 35.2 Å². The quantitative estimate of drug-likeness (QED) is 0.866. The van der Waals surface area contributed by atoms with Gasteiger partial charge in [-0.1, -0.05) is 30.3 Å². The van der Waals surface area contributed by atoms with Gasteiger partial charge in [0.05, 0.1) is 6.54 Å². The summed E-state index contributed by atoms with van der Waals surface area (Å²) in [6.07, 6.45) is 1.68. The molecule has 1 atom stereocenters. The summed E-state index contributed by atoms with van der Waals surface area (Å²) < 4.78 is 0. The Kier molecular flexibility index (Phi) is 4.32. The zero-order valence-electron chi connectivity index (χ0n) is 14.7. The Bertz CT molecular complexity index is 797. The average Bonchev–Trinajstić information content (AvgIpc) is 3.30. The third-order valence-corrected chi connectivity index (χ3v) is 5.13. The Morgan fingerprint density at radius 2 is 1.92 bits per heavy atom. The first-order chi connectivity index (χ1) is 12.6. The van der Waals surface area contributed by atoms with Crippen LogP contribution in [0.4, 0.5) is 4.79 Å². The molecule has 1 aromatic heterocycles. The number of nitrogens with one attached hydrogen (secondary N) is 2. The predicted octanol–water partition coefficient (Wildman–Crippen LogP) is 1.20. The fourth-order valence-electron chi connectivity index (χ4n) is 3.57. The number of hydrogen-bond donors (Lipinski definition) is 2. The molecule has 1 aromatic carbocycles. The largest absolute Gasteiger partial charge is 0.341 e. The van der Waals surface area contributed by atoms with Crippen molar-refractivity contribution < 1.29 is 9.59 Å². The number of piperidine rings is 1. The first-order valence-corrected chi connectivity index (χ1v) is 8.90. The summed E-state index contributed by atoms with van der Waals surface area (Å²) in [5, 5.41) is 10.1. The number of likely N-dealkylation sites (tertiary alicyclic amines) is 1. The summed E-state index contributed by atoms with van der Waals surface area (Å²) in [6, 6.07) is 9.26. The van der Waals surface area contributed by atoms with Gasteiger partial charge in [0, 0.05) is 31.6 Å². The van der Waals surface area contributed by atoms with Crippen molar-refractivity contribution >= 4 is 11.9 Å². The SMILES string of the molecule is CN1CC(C(=O)N2CCC(c3nc(-c4ccccc4)n[nH]3)CC2)NC1=O. The third-order valence-electron chi connectivity index (χ3n) is 5.13. The number of carbonyl (C=O) groups excluding carboxylic acids is 2. The number of amides is 3. The number of hydrogen-bond acceptors (Lipinski definition) is 4. The number of rotatable bonds is 3. The van der Waals surface area contributed by atoms with Crippen LogP contribution in [-0.2, 0) is 4.79 Å². The standard InChI is InChI=1S/C18H22N6O2/c1-23-11-14(19-18(23)26)17(25)24-9-7-13(8-10-24)16-20-15(21-22-16)12-5-3-2-4-6-12/h2-6,13-14H,7-11H2,1H3,(H,19,26)(H,20,21,22). The molecular weight excluding hydrogens is 332 g/mol. The van der Waals surface area contributed by atoms with Crippen molar-refractivity contribution in [1.29, 1.82) is 0 Å². The second-order valence-electron chi connectivity index (χ2n) is 6.89. The van der Waals surface area contributed by atoms with Crippen molar-refractivity contribution in [2.24, 2.45) is 0 Å². The number of likely N-dealkylation sites (N-methyl/N-ethyl adjacent to an activating group) is 1. The van der Waals surface area contributed by atoms with E-state index in [0.717, 1.165) is 24.2 Å². The maximum atomic E-state index is 12.6. The minimum Gasteiger partial charge on any atom is -0.341 e. The number of aromatic amines is 1. The third kappa shape index (κ3) is 3.14. The lowest BCUT2D eigenvalue weighted by Crippen LogP contribution is -2.48. The highest BCUT2D eigenvalue weighted by atomic mass is 16.2. The number of benzene rings is 1. The van der Waals surface area contributed by atoms with Crippen LogP contribution in [0.3, 0.4) is 0 Å². The smallest absolute Gasteiger partial charge is 0.317 e. The highest BCUT2D eigenvalue weighted by molar-refractivity contribution is 5.90. The van der Waals surface area contributed by atoms with Gasteiger partial charge in [0.2, 0.25) is 5.91 Å². The molecule has 26 heavy (non-hydrogen) atoms. The molecule has 2 aliphatic rings. The van der Waals surface area contributed by atoms with Crippen LogP contribution in [0.25, 0.3) is 11.4 Å². The number of urea groups is 1. The molecule has 0 aliphatic carbocycles. The lowest BCUT2D eigenvalue weighted by molar-refractivity contribution is -0.133. The highest BCUT2D eigenvalue weighted by Gasteiger charge is 2.35. The zero-order valence-corrected chi connectivity index (χ0v) is 14.7. The molecule has 0 radical (unpaired) electrons. The summed E-state index contributed by atoms with van der Waals surface area (Å²) in [7, 11) is 1.70. The number of carbonyl (C=O) groups is 2. The first-order valence-electron chi connectivity index (χ1n) is 8.90. The fourth-order valence-corrected chi connectivity index (χ4v) is 3.57. The number of nitrogens with zero attached hydrogens (tertiary/aromatic N) is 4. The van der Waals surface area contributed by atoms with Crippen LogP contribution >= 0.6 is 0 Å². The molecule has 3 heterocycles. The molecule has 4 rings (SSSR count). The van der Waals surface area contributed by atoms with E-state index >= 15 is 0 Å². The molecule has 2 saturated heterocycles. The molecule has 1 unspecified atom stereocenters. The molecule has 2 aliphatic heterocycles. The normalized spacial score (nSPS) is 21.1. The molecule has 2 fully saturated rings. The first kappa shape index (κ1) is 16.6. The fraction of sp³-hybridized carbons (Fsp3) is 0.444. The van der Waals surface area contributed by atoms with Crippen molar-refractivity contribution in [3.8, 4) is 11.4 Å². The summed E-state index contributed by atoms with van der Waals surface area (Å²) in [4.78, 5) is 32.1. The van der Waals surface area contributed by atoms with Crippen molar-refractivity contribution in [3.05, 3.63) is 36.2 Å². The van der Waals surface area contributed by atoms with Gasteiger partial charge >= 0.3 is 6.03 Å². The van der Waals surface area contributed by atoms with Crippen LogP contribution in [0.2, 0.25) is 0 Å². The van der Waals surface area contributed by atoms with Crippen LogP contribution in [0.1, 0.15) is 24.6 Å². The second kappa shape index (κ2) is 6.78. The van der Waals surface area contributed by atoms with E-state index in [1.54, 1.807) is 7.05 Å². The minimum absolute atomic E-state index is 0.00342. The van der Waals surface area contributed by atoms with E-state index < -0.39 is 6.04 Å². The molecule has 3 amide bonds. The Labute approximate surface area is 151 Å². The second-order valence-corrected chi connectivity index (χ2v) is 6.89. The summed E-state index contributed by atoms with van der Waals surface area (Å²) in [5.41, 5.74) is 0.990. The van der Waals surface area contributed by atoms with Crippen LogP contribution < -0.4 is 5.32 Å². The van der Waals surface area contributed by atoms with Gasteiger partial charge in [-0.25, -0.2) is 9.78 Å². The van der Waals surface area contributed by atoms with E-state index in [9.17, 15) is 9.59 Å². The predicted molar refractivity (Wildman–Crippen MR) is 95.3 cm³/mol. The molecule has 2 N–H and O–H groups in total. The highest BCUT2D eigenvalue weighted by Crippen LogP contribution is 2.27. The number of aromatic nitrogens is 3. The minimum atomic E-state index is -0.431. The monoisotopic (exact) mass is 354 g/mol. The summed E-state index contributed by atoms with van der Waals surface area (Å²) >= 11 is 0. The maximum absolute atomic E-state index is 12.6. The molecule has 8 heteroatoms. The van der Waals surface area contributed by atoms with Gasteiger partial charge in [0.1, 0.15) is 11.9 Å². The molecule has 8 nitrogen and oxygen atoms in total. The van der Waals surface area contributed by atoms with Crippen LogP contribution in [0.15, 0.2) is 30.3 Å². The Hall–Kier alpha value is -2.90. The summed E-state index contributed by atoms with van der Waals surface area (Å²) in [5.74, 6) is 1.86. The van der Waals surface area contributed by atoms with Crippen molar-refractivity contribution in [1.82, 2.24) is 30.3 Å². The summed E-state index contributed by atoms with van der Waals surface area (Å²) in [6.45, 7) is 1.77. The van der Waals surface area contributed by atoms with Crippen molar-refractivity contribution in [3.63, 3.8) is 0 Å². The molecule has 0 spiro atoms. The van der Waals surface area contributed by atoms with Gasteiger partial charge in [-0.05, 0) is 12.8 Å². The van der Waals surface area contributed by atoms with Gasteiger partial charge < -0.3 is 15.1 Å². The van der Waals surface area contributed by atoms with Crippen LogP contribution in [0, 0.1) is 0 Å². The van der Waals surface area contributed by atoms with E-state index in [0.29, 0.717) is 25.5 Å². The molecule has 0 saturated carbocycles. The van der Waals surface area contributed by atoms with Gasteiger partial charge in [0.15, 0.2) is 5.82 Å². The van der Waals surface area contributed by atoms with Crippen LogP contribution in [0.5, 0.6) is 0 Å². The molecular formula is C18H22N6O2. The van der Waals surface area contributed by atoms with E-state index in [2.05, 4.69) is 20.5 Å². The maximum Gasteiger partial charge on any atom is 0.317 e. The van der Waals surface area contributed by atoms with E-state index in [1.165, 1.54) is 4.90 Å². The van der Waals surface area contributed by atoms with Gasteiger partial charge in [-0.15, -0.1) is 0 Å². The number of H-pyrrole nitrogens is 1. The zero-order chi connectivity index (χ0) is 18.1. The molecule has 136 valence electrons. The molecule has 0 bridgehead atoms. The Morgan fingerprint density at radius 3 is 2.58 bits per heavy atom. The topological polar surface area (TPSA) is 94.2 Å². The van der Waals surface area contributed by atoms with E-state index in [4.69, 9.17) is 0 Å². The van der Waals surface area contributed by atoms with Crippen LogP contribution in [-0.4, -0.2) is 69.6 Å². The molecule has 2 aromatic rings.